The van der Waals surface area contributed by atoms with Gasteiger partial charge in [-0.25, -0.2) is 4.79 Å². The summed E-state index contributed by atoms with van der Waals surface area (Å²) in [6.07, 6.45) is 3.04. The Balaban J connectivity index is 2.69. The number of urea groups is 1. The maximum atomic E-state index is 12.1. The van der Waals surface area contributed by atoms with Crippen molar-refractivity contribution in [2.24, 2.45) is 0 Å². The van der Waals surface area contributed by atoms with Crippen molar-refractivity contribution >= 4 is 12.0 Å². The molecule has 1 fully saturated rings. The molecule has 5 heteroatoms. The Morgan fingerprint density at radius 1 is 1.35 bits per heavy atom. The molecule has 17 heavy (non-hydrogen) atoms. The van der Waals surface area contributed by atoms with Gasteiger partial charge < -0.3 is 15.3 Å². The Kier molecular flexibility index (Phi) is 3.69. The van der Waals surface area contributed by atoms with E-state index in [2.05, 4.69) is 5.32 Å². The van der Waals surface area contributed by atoms with Gasteiger partial charge in [-0.3, -0.25) is 4.79 Å². The molecule has 1 aliphatic carbocycles. The summed E-state index contributed by atoms with van der Waals surface area (Å²) in [6.45, 7) is 7.22. The third kappa shape index (κ3) is 3.61. The molecule has 2 amide bonds. The van der Waals surface area contributed by atoms with Gasteiger partial charge in [-0.05, 0) is 47.0 Å². The number of rotatable bonds is 3. The Hall–Kier alpha value is -1.26. The molecular formula is C12H22N2O3. The Bertz CT molecular complexity index is 316. The second-order valence-electron chi connectivity index (χ2n) is 6.00. The fourth-order valence-corrected chi connectivity index (χ4v) is 1.91. The van der Waals surface area contributed by atoms with Gasteiger partial charge in [-0.15, -0.1) is 0 Å². The third-order valence-electron chi connectivity index (χ3n) is 3.21. The molecule has 0 heterocycles. The van der Waals surface area contributed by atoms with E-state index in [9.17, 15) is 9.59 Å². The zero-order chi connectivity index (χ0) is 13.3. The minimum absolute atomic E-state index is 0.154. The monoisotopic (exact) mass is 242 g/mol. The van der Waals surface area contributed by atoms with Crippen molar-refractivity contribution in [3.63, 3.8) is 0 Å². The summed E-state index contributed by atoms with van der Waals surface area (Å²) >= 11 is 0. The molecule has 1 saturated carbocycles. The van der Waals surface area contributed by atoms with Crippen LogP contribution in [-0.4, -0.2) is 39.6 Å². The molecule has 0 saturated heterocycles. The summed E-state index contributed by atoms with van der Waals surface area (Å²) in [4.78, 5) is 24.2. The zero-order valence-electron chi connectivity index (χ0n) is 11.0. The van der Waals surface area contributed by atoms with E-state index in [0.29, 0.717) is 0 Å². The number of hydrogen-bond donors (Lipinski definition) is 2. The van der Waals surface area contributed by atoms with E-state index in [4.69, 9.17) is 5.11 Å². The van der Waals surface area contributed by atoms with Crippen LogP contribution in [-0.2, 0) is 4.79 Å². The number of carbonyl (C=O) groups is 2. The van der Waals surface area contributed by atoms with E-state index in [1.54, 1.807) is 0 Å². The number of carbonyl (C=O) groups excluding carboxylic acids is 1. The summed E-state index contributed by atoms with van der Waals surface area (Å²) in [5.41, 5.74) is -0.651. The third-order valence-corrected chi connectivity index (χ3v) is 3.21. The van der Waals surface area contributed by atoms with Gasteiger partial charge in [0, 0.05) is 11.1 Å². The first-order valence-electron chi connectivity index (χ1n) is 5.96. The molecule has 0 bridgehead atoms. The predicted octanol–water partition coefficient (Wildman–Crippen LogP) is 1.82. The largest absolute Gasteiger partial charge is 0.480 e. The number of nitrogens with zero attached hydrogens (tertiary/aromatic N) is 1. The first-order valence-corrected chi connectivity index (χ1v) is 5.96. The van der Waals surface area contributed by atoms with Crippen LogP contribution in [0.2, 0.25) is 0 Å². The van der Waals surface area contributed by atoms with Gasteiger partial charge in [0.2, 0.25) is 0 Å². The van der Waals surface area contributed by atoms with Gasteiger partial charge in [-0.2, -0.15) is 0 Å². The second kappa shape index (κ2) is 4.55. The average Bonchev–Trinajstić information content (AvgIpc) is 2.09. The van der Waals surface area contributed by atoms with Gasteiger partial charge in [0.05, 0.1) is 0 Å². The number of amides is 2. The average molecular weight is 242 g/mol. The Morgan fingerprint density at radius 3 is 2.18 bits per heavy atom. The van der Waals surface area contributed by atoms with Crippen LogP contribution in [0.5, 0.6) is 0 Å². The number of carboxylic acid groups (broad SMARTS) is 1. The highest BCUT2D eigenvalue weighted by molar-refractivity contribution is 5.81. The zero-order valence-corrected chi connectivity index (χ0v) is 11.0. The predicted molar refractivity (Wildman–Crippen MR) is 64.9 cm³/mol. The molecule has 0 radical (unpaired) electrons. The van der Waals surface area contributed by atoms with E-state index < -0.39 is 11.5 Å². The maximum Gasteiger partial charge on any atom is 0.323 e. The van der Waals surface area contributed by atoms with Crippen LogP contribution < -0.4 is 5.32 Å². The molecular weight excluding hydrogens is 220 g/mol. The van der Waals surface area contributed by atoms with Crippen molar-refractivity contribution in [2.75, 3.05) is 6.54 Å². The van der Waals surface area contributed by atoms with Crippen molar-refractivity contribution in [1.82, 2.24) is 10.2 Å². The smallest absolute Gasteiger partial charge is 0.323 e. The van der Waals surface area contributed by atoms with Gasteiger partial charge in [-0.1, -0.05) is 0 Å². The SMILES string of the molecule is CC1(NC(=O)N(CC(=O)O)C(C)(C)C)CCC1. The summed E-state index contributed by atoms with van der Waals surface area (Å²) in [5.74, 6) is -0.992. The number of carboxylic acids is 1. The molecule has 1 rings (SSSR count). The number of hydrogen-bond acceptors (Lipinski definition) is 2. The highest BCUT2D eigenvalue weighted by Crippen LogP contribution is 2.31. The normalized spacial score (nSPS) is 18.1. The molecule has 0 atom stereocenters. The van der Waals surface area contributed by atoms with Crippen molar-refractivity contribution in [3.05, 3.63) is 0 Å². The van der Waals surface area contributed by atoms with Crippen molar-refractivity contribution < 1.29 is 14.7 Å². The first-order chi connectivity index (χ1) is 7.64. The summed E-state index contributed by atoms with van der Waals surface area (Å²) in [7, 11) is 0. The highest BCUT2D eigenvalue weighted by atomic mass is 16.4. The maximum absolute atomic E-state index is 12.1. The molecule has 0 aromatic heterocycles. The topological polar surface area (TPSA) is 69.6 Å². The molecule has 0 unspecified atom stereocenters. The van der Waals surface area contributed by atoms with Gasteiger partial charge in [0.15, 0.2) is 0 Å². The van der Waals surface area contributed by atoms with E-state index in [1.807, 2.05) is 27.7 Å². The minimum atomic E-state index is -0.992. The molecule has 0 spiro atoms. The standard InChI is InChI=1S/C12H22N2O3/c1-11(2,3)14(8-9(15)16)10(17)13-12(4)6-5-7-12/h5-8H2,1-4H3,(H,13,17)(H,15,16). The molecule has 2 N–H and O–H groups in total. The van der Waals surface area contributed by atoms with Crippen LogP contribution in [0, 0.1) is 0 Å². The first kappa shape index (κ1) is 13.8. The summed E-state index contributed by atoms with van der Waals surface area (Å²) in [6, 6.07) is -0.290. The number of aliphatic carboxylic acids is 1. The van der Waals surface area contributed by atoms with Crippen LogP contribution in [0.3, 0.4) is 0 Å². The molecule has 1 aliphatic rings. The van der Waals surface area contributed by atoms with Gasteiger partial charge in [0.25, 0.3) is 0 Å². The lowest BCUT2D eigenvalue weighted by Crippen LogP contribution is -2.59. The lowest BCUT2D eigenvalue weighted by atomic mass is 9.79. The Labute approximate surface area is 102 Å². The van der Waals surface area contributed by atoms with E-state index >= 15 is 0 Å². The van der Waals surface area contributed by atoms with Crippen LogP contribution >= 0.6 is 0 Å². The van der Waals surface area contributed by atoms with Gasteiger partial charge >= 0.3 is 12.0 Å². The fourth-order valence-electron chi connectivity index (χ4n) is 1.91. The fraction of sp³-hybridized carbons (Fsp3) is 0.833. The number of nitrogens with one attached hydrogen (secondary N) is 1. The van der Waals surface area contributed by atoms with Gasteiger partial charge in [0.1, 0.15) is 6.54 Å². The van der Waals surface area contributed by atoms with E-state index in [1.165, 1.54) is 4.90 Å². The van der Waals surface area contributed by atoms with Crippen LogP contribution in [0.15, 0.2) is 0 Å². The van der Waals surface area contributed by atoms with E-state index in [-0.39, 0.29) is 18.1 Å². The molecule has 0 aromatic rings. The molecule has 5 nitrogen and oxygen atoms in total. The molecule has 0 aromatic carbocycles. The van der Waals surface area contributed by atoms with Crippen LogP contribution in [0.1, 0.15) is 47.0 Å². The van der Waals surface area contributed by atoms with Crippen LogP contribution in [0.4, 0.5) is 4.79 Å². The van der Waals surface area contributed by atoms with Crippen LogP contribution in [0.25, 0.3) is 0 Å². The summed E-state index contributed by atoms with van der Waals surface area (Å²) in [5, 5.41) is 11.8. The second-order valence-corrected chi connectivity index (χ2v) is 6.00. The Morgan fingerprint density at radius 2 is 1.88 bits per heavy atom. The molecule has 0 aliphatic heterocycles. The lowest BCUT2D eigenvalue weighted by molar-refractivity contribution is -0.138. The molecule has 98 valence electrons. The van der Waals surface area contributed by atoms with Crippen molar-refractivity contribution in [1.29, 1.82) is 0 Å². The summed E-state index contributed by atoms with van der Waals surface area (Å²) < 4.78 is 0. The lowest BCUT2D eigenvalue weighted by Gasteiger charge is -2.43. The van der Waals surface area contributed by atoms with Crippen molar-refractivity contribution in [3.8, 4) is 0 Å². The van der Waals surface area contributed by atoms with E-state index in [0.717, 1.165) is 19.3 Å². The quantitative estimate of drug-likeness (QED) is 0.793. The highest BCUT2D eigenvalue weighted by Gasteiger charge is 2.37. The van der Waals surface area contributed by atoms with Crippen molar-refractivity contribution in [2.45, 2.75) is 58.0 Å². The minimum Gasteiger partial charge on any atom is -0.480 e.